The predicted octanol–water partition coefficient (Wildman–Crippen LogP) is 0.990. The Morgan fingerprint density at radius 2 is 2.20 bits per heavy atom. The summed E-state index contributed by atoms with van der Waals surface area (Å²) in [6.45, 7) is 0.840. The first-order valence-corrected chi connectivity index (χ1v) is 6.53. The summed E-state index contributed by atoms with van der Waals surface area (Å²) in [5, 5.41) is 22.8. The van der Waals surface area contributed by atoms with Crippen molar-refractivity contribution in [2.45, 2.75) is 18.9 Å². The van der Waals surface area contributed by atoms with Crippen LogP contribution in [0.25, 0.3) is 0 Å². The highest BCUT2D eigenvalue weighted by molar-refractivity contribution is 5.86. The lowest BCUT2D eigenvalue weighted by Gasteiger charge is -2.32. The Hall–Kier alpha value is -2.15. The third-order valence-corrected chi connectivity index (χ3v) is 3.33. The van der Waals surface area contributed by atoms with Gasteiger partial charge in [0.15, 0.2) is 0 Å². The van der Waals surface area contributed by atoms with Crippen molar-refractivity contribution in [2.75, 3.05) is 25.0 Å². The van der Waals surface area contributed by atoms with Gasteiger partial charge in [-0.2, -0.15) is 0 Å². The lowest BCUT2D eigenvalue weighted by atomic mass is 10.0. The largest absolute Gasteiger partial charge is 0.395 e. The van der Waals surface area contributed by atoms with E-state index in [-0.39, 0.29) is 18.2 Å². The number of hydrogen-bond donors (Lipinski definition) is 2. The normalized spacial score (nSPS) is 18.9. The van der Waals surface area contributed by atoms with E-state index >= 15 is 0 Å². The number of likely N-dealkylation sites (tertiary alicyclic amines) is 1. The van der Waals surface area contributed by atoms with E-state index in [0.717, 1.165) is 6.42 Å². The summed E-state index contributed by atoms with van der Waals surface area (Å²) in [6.07, 6.45) is 1.44. The van der Waals surface area contributed by atoms with Crippen LogP contribution in [0.4, 0.5) is 11.4 Å². The number of nitro benzene ring substituents is 1. The number of rotatable bonds is 5. The SMILES string of the molecule is O=C1[C@H](Nc2ccccc2[N+](=O)[O-])CCCN1CCO. The second-order valence-corrected chi connectivity index (χ2v) is 4.66. The van der Waals surface area contributed by atoms with Gasteiger partial charge in [0.05, 0.1) is 11.5 Å². The number of nitro groups is 1. The molecule has 0 unspecified atom stereocenters. The number of β-amino-alcohol motifs (C(OH)–C–C–N with tert-alkyl or cyclic N) is 1. The summed E-state index contributed by atoms with van der Waals surface area (Å²) in [7, 11) is 0. The minimum absolute atomic E-state index is 0.0421. The highest BCUT2D eigenvalue weighted by Crippen LogP contribution is 2.26. The van der Waals surface area contributed by atoms with E-state index in [0.29, 0.717) is 25.2 Å². The molecule has 1 amide bonds. The minimum Gasteiger partial charge on any atom is -0.395 e. The summed E-state index contributed by atoms with van der Waals surface area (Å²) >= 11 is 0. The van der Waals surface area contributed by atoms with Gasteiger partial charge >= 0.3 is 0 Å². The number of carbonyl (C=O) groups is 1. The van der Waals surface area contributed by atoms with Crippen LogP contribution >= 0.6 is 0 Å². The molecule has 0 aromatic heterocycles. The average molecular weight is 279 g/mol. The van der Waals surface area contributed by atoms with Crippen LogP contribution in [-0.2, 0) is 4.79 Å². The maximum atomic E-state index is 12.2. The highest BCUT2D eigenvalue weighted by Gasteiger charge is 2.29. The summed E-state index contributed by atoms with van der Waals surface area (Å²) in [6, 6.07) is 5.80. The molecule has 0 saturated carbocycles. The van der Waals surface area contributed by atoms with Gasteiger partial charge in [0, 0.05) is 19.2 Å². The van der Waals surface area contributed by atoms with E-state index in [1.165, 1.54) is 6.07 Å². The molecule has 108 valence electrons. The summed E-state index contributed by atoms with van der Waals surface area (Å²) < 4.78 is 0. The molecule has 1 aliphatic rings. The Balaban J connectivity index is 2.13. The quantitative estimate of drug-likeness (QED) is 0.619. The summed E-state index contributed by atoms with van der Waals surface area (Å²) in [5.74, 6) is -0.122. The second-order valence-electron chi connectivity index (χ2n) is 4.66. The van der Waals surface area contributed by atoms with Gasteiger partial charge in [-0.3, -0.25) is 14.9 Å². The Morgan fingerprint density at radius 3 is 2.90 bits per heavy atom. The molecule has 0 spiro atoms. The number of anilines is 1. The van der Waals surface area contributed by atoms with Crippen LogP contribution in [-0.4, -0.2) is 46.6 Å². The van der Waals surface area contributed by atoms with Crippen LogP contribution in [0.1, 0.15) is 12.8 Å². The topological polar surface area (TPSA) is 95.7 Å². The number of aliphatic hydroxyl groups is 1. The fraction of sp³-hybridized carbons (Fsp3) is 0.462. The Kier molecular flexibility index (Phi) is 4.52. The summed E-state index contributed by atoms with van der Waals surface area (Å²) in [4.78, 5) is 24.2. The van der Waals surface area contributed by atoms with E-state index < -0.39 is 11.0 Å². The highest BCUT2D eigenvalue weighted by atomic mass is 16.6. The number of benzene rings is 1. The van der Waals surface area contributed by atoms with Crippen LogP contribution in [0.3, 0.4) is 0 Å². The van der Waals surface area contributed by atoms with Crippen molar-refractivity contribution in [3.8, 4) is 0 Å². The number of amides is 1. The Morgan fingerprint density at radius 1 is 1.45 bits per heavy atom. The molecule has 0 radical (unpaired) electrons. The third-order valence-electron chi connectivity index (χ3n) is 3.33. The van der Waals surface area contributed by atoms with Crippen molar-refractivity contribution in [3.05, 3.63) is 34.4 Å². The molecule has 0 aliphatic carbocycles. The molecule has 1 atom stereocenters. The van der Waals surface area contributed by atoms with Crippen molar-refractivity contribution >= 4 is 17.3 Å². The van der Waals surface area contributed by atoms with Crippen LogP contribution in [0, 0.1) is 10.1 Å². The molecule has 1 heterocycles. The maximum Gasteiger partial charge on any atom is 0.292 e. The number of nitrogens with zero attached hydrogens (tertiary/aromatic N) is 2. The van der Waals surface area contributed by atoms with Gasteiger partial charge in [0.1, 0.15) is 11.7 Å². The molecule has 1 aromatic carbocycles. The van der Waals surface area contributed by atoms with Gasteiger partial charge in [-0.25, -0.2) is 0 Å². The number of piperidine rings is 1. The van der Waals surface area contributed by atoms with Gasteiger partial charge in [0.2, 0.25) is 5.91 Å². The van der Waals surface area contributed by atoms with Gasteiger partial charge in [0.25, 0.3) is 5.69 Å². The van der Waals surface area contributed by atoms with Gasteiger partial charge in [-0.15, -0.1) is 0 Å². The Labute approximate surface area is 116 Å². The first kappa shape index (κ1) is 14.3. The fourth-order valence-corrected chi connectivity index (χ4v) is 2.36. The van der Waals surface area contributed by atoms with Gasteiger partial charge in [-0.1, -0.05) is 12.1 Å². The number of aliphatic hydroxyl groups excluding tert-OH is 1. The lowest BCUT2D eigenvalue weighted by molar-refractivity contribution is -0.384. The zero-order chi connectivity index (χ0) is 14.5. The van der Waals surface area contributed by atoms with E-state index in [9.17, 15) is 14.9 Å². The van der Waals surface area contributed by atoms with E-state index in [4.69, 9.17) is 5.11 Å². The van der Waals surface area contributed by atoms with E-state index in [2.05, 4.69) is 5.32 Å². The van der Waals surface area contributed by atoms with Crippen LogP contribution in [0.15, 0.2) is 24.3 Å². The molecule has 1 aliphatic heterocycles. The third kappa shape index (κ3) is 3.05. The number of hydrogen-bond acceptors (Lipinski definition) is 5. The zero-order valence-electron chi connectivity index (χ0n) is 11.0. The minimum atomic E-state index is -0.476. The first-order chi connectivity index (χ1) is 9.63. The average Bonchev–Trinajstić information content (AvgIpc) is 2.44. The first-order valence-electron chi connectivity index (χ1n) is 6.53. The van der Waals surface area contributed by atoms with Gasteiger partial charge < -0.3 is 15.3 Å². The maximum absolute atomic E-state index is 12.2. The molecule has 20 heavy (non-hydrogen) atoms. The van der Waals surface area contributed by atoms with Crippen LogP contribution < -0.4 is 5.32 Å². The monoisotopic (exact) mass is 279 g/mol. The summed E-state index contributed by atoms with van der Waals surface area (Å²) in [5.41, 5.74) is 0.307. The smallest absolute Gasteiger partial charge is 0.292 e. The van der Waals surface area contributed by atoms with Crippen molar-refractivity contribution in [1.29, 1.82) is 0 Å². The molecule has 7 heteroatoms. The lowest BCUT2D eigenvalue weighted by Crippen LogP contribution is -2.48. The van der Waals surface area contributed by atoms with Crippen molar-refractivity contribution in [1.82, 2.24) is 4.90 Å². The number of nitrogens with one attached hydrogen (secondary N) is 1. The van der Waals surface area contributed by atoms with E-state index in [1.807, 2.05) is 0 Å². The molecule has 2 N–H and O–H groups in total. The van der Waals surface area contributed by atoms with E-state index in [1.54, 1.807) is 23.1 Å². The predicted molar refractivity (Wildman–Crippen MR) is 73.4 cm³/mol. The van der Waals surface area contributed by atoms with Crippen LogP contribution in [0.5, 0.6) is 0 Å². The molecular weight excluding hydrogens is 262 g/mol. The second kappa shape index (κ2) is 6.33. The standard InChI is InChI=1S/C13H17N3O4/c17-9-8-15-7-3-5-11(13(15)18)14-10-4-1-2-6-12(10)16(19)20/h1-2,4,6,11,14,17H,3,5,7-9H2/t11-/m1/s1. The van der Waals surface area contributed by atoms with Crippen molar-refractivity contribution in [2.24, 2.45) is 0 Å². The fourth-order valence-electron chi connectivity index (χ4n) is 2.36. The molecule has 7 nitrogen and oxygen atoms in total. The van der Waals surface area contributed by atoms with Crippen LogP contribution in [0.2, 0.25) is 0 Å². The molecular formula is C13H17N3O4. The van der Waals surface area contributed by atoms with Crippen molar-refractivity contribution in [3.63, 3.8) is 0 Å². The number of para-hydroxylation sites is 2. The molecule has 1 aromatic rings. The number of carbonyl (C=O) groups excluding carboxylic acids is 1. The molecule has 2 rings (SSSR count). The zero-order valence-corrected chi connectivity index (χ0v) is 11.0. The van der Waals surface area contributed by atoms with Gasteiger partial charge in [-0.05, 0) is 18.9 Å². The molecule has 0 bridgehead atoms. The molecule has 1 saturated heterocycles. The Bertz CT molecular complexity index is 504. The molecule has 1 fully saturated rings. The van der Waals surface area contributed by atoms with Crippen molar-refractivity contribution < 1.29 is 14.8 Å².